The molecule has 1 atom stereocenters. The summed E-state index contributed by atoms with van der Waals surface area (Å²) in [4.78, 5) is 17.8. The molecule has 0 N–H and O–H groups in total. The lowest BCUT2D eigenvalue weighted by Gasteiger charge is -2.38. The Morgan fingerprint density at radius 3 is 2.34 bits per heavy atom. The van der Waals surface area contributed by atoms with Gasteiger partial charge in [0.2, 0.25) is 5.91 Å². The lowest BCUT2D eigenvalue weighted by atomic mass is 9.89. The van der Waals surface area contributed by atoms with Crippen molar-refractivity contribution in [2.24, 2.45) is 11.8 Å². The smallest absolute Gasteiger partial charge is 0.226 e. The van der Waals surface area contributed by atoms with Crippen LogP contribution >= 0.6 is 15.9 Å². The SMILES string of the molecule is O=C(C1CCCN(Cc2ccc(Br)cc2)C1)N1CCC(Cc2ccccc2)CC1. The number of likely N-dealkylation sites (tertiary alicyclic amines) is 2. The minimum Gasteiger partial charge on any atom is -0.342 e. The zero-order valence-electron chi connectivity index (χ0n) is 17.1. The fraction of sp³-hybridized carbons (Fsp3) is 0.480. The summed E-state index contributed by atoms with van der Waals surface area (Å²) in [7, 11) is 0. The largest absolute Gasteiger partial charge is 0.342 e. The fourth-order valence-corrected chi connectivity index (χ4v) is 5.08. The average Bonchev–Trinajstić information content (AvgIpc) is 2.76. The Labute approximate surface area is 183 Å². The Kier molecular flexibility index (Phi) is 7.04. The van der Waals surface area contributed by atoms with Gasteiger partial charge in [0.25, 0.3) is 0 Å². The zero-order valence-corrected chi connectivity index (χ0v) is 18.7. The molecule has 1 unspecified atom stereocenters. The number of hydrogen-bond acceptors (Lipinski definition) is 2. The number of rotatable bonds is 5. The van der Waals surface area contributed by atoms with Crippen molar-refractivity contribution in [1.29, 1.82) is 0 Å². The number of piperidine rings is 2. The second-order valence-electron chi connectivity index (χ2n) is 8.66. The molecule has 0 bridgehead atoms. The van der Waals surface area contributed by atoms with Crippen LogP contribution < -0.4 is 0 Å². The summed E-state index contributed by atoms with van der Waals surface area (Å²) in [5.74, 6) is 1.27. The molecule has 29 heavy (non-hydrogen) atoms. The molecule has 0 radical (unpaired) electrons. The van der Waals surface area contributed by atoms with Crippen LogP contribution in [0.5, 0.6) is 0 Å². The van der Waals surface area contributed by atoms with Crippen LogP contribution in [0.1, 0.15) is 36.8 Å². The molecule has 2 heterocycles. The number of halogens is 1. The van der Waals surface area contributed by atoms with E-state index in [1.165, 1.54) is 11.1 Å². The molecule has 2 aromatic carbocycles. The van der Waals surface area contributed by atoms with E-state index in [1.807, 2.05) is 0 Å². The van der Waals surface area contributed by atoms with Gasteiger partial charge in [0.15, 0.2) is 0 Å². The van der Waals surface area contributed by atoms with Crippen LogP contribution in [0.15, 0.2) is 59.1 Å². The van der Waals surface area contributed by atoms with E-state index < -0.39 is 0 Å². The molecule has 2 aliphatic rings. The highest BCUT2D eigenvalue weighted by Gasteiger charge is 2.31. The molecule has 154 valence electrons. The molecule has 1 amide bonds. The number of carbonyl (C=O) groups is 1. The van der Waals surface area contributed by atoms with E-state index in [2.05, 4.69) is 80.3 Å². The molecular weight excluding hydrogens is 424 g/mol. The highest BCUT2D eigenvalue weighted by molar-refractivity contribution is 9.10. The number of benzene rings is 2. The average molecular weight is 455 g/mol. The second kappa shape index (κ2) is 9.90. The molecule has 4 rings (SSSR count). The summed E-state index contributed by atoms with van der Waals surface area (Å²) in [6.45, 7) is 4.80. The van der Waals surface area contributed by atoms with E-state index in [9.17, 15) is 4.79 Å². The highest BCUT2D eigenvalue weighted by Crippen LogP contribution is 2.26. The lowest BCUT2D eigenvalue weighted by molar-refractivity contribution is -0.138. The summed E-state index contributed by atoms with van der Waals surface area (Å²) in [6, 6.07) is 19.3. The van der Waals surface area contributed by atoms with Gasteiger partial charge in [0.1, 0.15) is 0 Å². The van der Waals surface area contributed by atoms with Crippen molar-refractivity contribution < 1.29 is 4.79 Å². The predicted octanol–water partition coefficient (Wildman–Crippen LogP) is 5.14. The monoisotopic (exact) mass is 454 g/mol. The summed E-state index contributed by atoms with van der Waals surface area (Å²) in [6.07, 6.45) is 5.58. The van der Waals surface area contributed by atoms with Gasteiger partial charge in [-0.25, -0.2) is 0 Å². The minimum absolute atomic E-state index is 0.171. The summed E-state index contributed by atoms with van der Waals surface area (Å²) in [5, 5.41) is 0. The number of amides is 1. The number of carbonyl (C=O) groups excluding carboxylic acids is 1. The molecule has 2 aliphatic heterocycles. The molecule has 4 heteroatoms. The molecule has 3 nitrogen and oxygen atoms in total. The maximum atomic E-state index is 13.2. The van der Waals surface area contributed by atoms with E-state index in [0.29, 0.717) is 11.8 Å². The third-order valence-corrected chi connectivity index (χ3v) is 7.00. The van der Waals surface area contributed by atoms with Crippen LogP contribution in [0, 0.1) is 11.8 Å². The van der Waals surface area contributed by atoms with Crippen molar-refractivity contribution in [1.82, 2.24) is 9.80 Å². The summed E-state index contributed by atoms with van der Waals surface area (Å²) in [5.41, 5.74) is 2.75. The maximum Gasteiger partial charge on any atom is 0.226 e. The van der Waals surface area contributed by atoms with E-state index in [0.717, 1.165) is 69.3 Å². The lowest BCUT2D eigenvalue weighted by Crippen LogP contribution is -2.47. The third kappa shape index (κ3) is 5.70. The normalized spacial score (nSPS) is 21.3. The number of nitrogens with zero attached hydrogens (tertiary/aromatic N) is 2. The van der Waals surface area contributed by atoms with Gasteiger partial charge in [-0.2, -0.15) is 0 Å². The van der Waals surface area contributed by atoms with Crippen LogP contribution in [-0.2, 0) is 17.8 Å². The zero-order chi connectivity index (χ0) is 20.1. The van der Waals surface area contributed by atoms with Crippen molar-refractivity contribution in [3.63, 3.8) is 0 Å². The first-order valence-corrected chi connectivity index (χ1v) is 11.8. The summed E-state index contributed by atoms with van der Waals surface area (Å²) >= 11 is 3.50. The topological polar surface area (TPSA) is 23.6 Å². The molecule has 0 aromatic heterocycles. The molecule has 2 saturated heterocycles. The van der Waals surface area contributed by atoms with E-state index in [-0.39, 0.29) is 5.92 Å². The van der Waals surface area contributed by atoms with Gasteiger partial charge in [-0.3, -0.25) is 9.69 Å². The van der Waals surface area contributed by atoms with Gasteiger partial charge in [-0.15, -0.1) is 0 Å². The quantitative estimate of drug-likeness (QED) is 0.623. The molecule has 2 aromatic rings. The van der Waals surface area contributed by atoms with Gasteiger partial charge in [-0.05, 0) is 67.8 Å². The van der Waals surface area contributed by atoms with Gasteiger partial charge in [0.05, 0.1) is 5.92 Å². The predicted molar refractivity (Wildman–Crippen MR) is 122 cm³/mol. The Bertz CT molecular complexity index is 784. The van der Waals surface area contributed by atoms with Crippen LogP contribution in [0.25, 0.3) is 0 Å². The molecule has 2 fully saturated rings. The molecular formula is C25H31BrN2O. The molecule has 0 saturated carbocycles. The number of hydrogen-bond donors (Lipinski definition) is 0. The minimum atomic E-state index is 0.171. The van der Waals surface area contributed by atoms with Crippen LogP contribution in [0.2, 0.25) is 0 Å². The highest BCUT2D eigenvalue weighted by atomic mass is 79.9. The van der Waals surface area contributed by atoms with Gasteiger partial charge in [0, 0.05) is 30.7 Å². The molecule has 0 aliphatic carbocycles. The van der Waals surface area contributed by atoms with Gasteiger partial charge in [-0.1, -0.05) is 58.4 Å². The fourth-order valence-electron chi connectivity index (χ4n) is 4.81. The van der Waals surface area contributed by atoms with Crippen LogP contribution in [0.3, 0.4) is 0 Å². The Morgan fingerprint density at radius 1 is 0.897 bits per heavy atom. The van der Waals surface area contributed by atoms with E-state index in [1.54, 1.807) is 0 Å². The van der Waals surface area contributed by atoms with Crippen LogP contribution in [0.4, 0.5) is 0 Å². The Balaban J connectivity index is 1.26. The first kappa shape index (κ1) is 20.6. The first-order valence-electron chi connectivity index (χ1n) is 11.0. The van der Waals surface area contributed by atoms with Crippen LogP contribution in [-0.4, -0.2) is 41.9 Å². The Hall–Kier alpha value is -1.65. The van der Waals surface area contributed by atoms with Gasteiger partial charge >= 0.3 is 0 Å². The third-order valence-electron chi connectivity index (χ3n) is 6.47. The Morgan fingerprint density at radius 2 is 1.62 bits per heavy atom. The van der Waals surface area contributed by atoms with Gasteiger partial charge < -0.3 is 4.90 Å². The summed E-state index contributed by atoms with van der Waals surface area (Å²) < 4.78 is 1.11. The first-order chi connectivity index (χ1) is 14.2. The van der Waals surface area contributed by atoms with E-state index in [4.69, 9.17) is 0 Å². The van der Waals surface area contributed by atoms with Crippen molar-refractivity contribution in [3.8, 4) is 0 Å². The van der Waals surface area contributed by atoms with Crippen molar-refractivity contribution >= 4 is 21.8 Å². The van der Waals surface area contributed by atoms with Crippen molar-refractivity contribution in [2.45, 2.75) is 38.6 Å². The van der Waals surface area contributed by atoms with E-state index >= 15 is 0 Å². The van der Waals surface area contributed by atoms with Crippen molar-refractivity contribution in [2.75, 3.05) is 26.2 Å². The molecule has 0 spiro atoms. The second-order valence-corrected chi connectivity index (χ2v) is 9.57. The van der Waals surface area contributed by atoms with Crippen molar-refractivity contribution in [3.05, 3.63) is 70.2 Å². The maximum absolute atomic E-state index is 13.2. The standard InChI is InChI=1S/C25H31BrN2O/c26-24-10-8-22(9-11-24)18-27-14-4-7-23(19-27)25(29)28-15-12-21(13-16-28)17-20-5-2-1-3-6-20/h1-3,5-6,8-11,21,23H,4,7,12-19H2.